The lowest BCUT2D eigenvalue weighted by Crippen LogP contribution is -2.46. The first kappa shape index (κ1) is 13.4. The predicted molar refractivity (Wildman–Crippen MR) is 74.8 cm³/mol. The molecule has 1 aliphatic rings. The number of nitrogens with zero attached hydrogens (tertiary/aromatic N) is 1. The summed E-state index contributed by atoms with van der Waals surface area (Å²) in [5.74, 6) is 0.334. The molecule has 1 aliphatic heterocycles. The maximum atomic E-state index is 9.30. The number of phenols is 1. The van der Waals surface area contributed by atoms with E-state index in [-0.39, 0.29) is 0 Å². The van der Waals surface area contributed by atoms with Crippen molar-refractivity contribution in [1.82, 2.24) is 10.2 Å². The fourth-order valence-electron chi connectivity index (χ4n) is 2.69. The maximum absolute atomic E-state index is 9.30. The molecule has 1 aromatic rings. The van der Waals surface area contributed by atoms with Crippen molar-refractivity contribution in [2.45, 2.75) is 38.8 Å². The standard InChI is InChI=1S/C15H24N2O/c1-3-17-10-4-5-14(11-17)16-12(2)13-6-8-15(18)9-7-13/h6-9,12,14,16,18H,3-5,10-11H2,1-2H3. The number of rotatable bonds is 4. The SMILES string of the molecule is CCN1CCCC(NC(C)c2ccc(O)cc2)C1. The summed E-state index contributed by atoms with van der Waals surface area (Å²) in [4.78, 5) is 2.50. The third kappa shape index (κ3) is 3.47. The van der Waals surface area contributed by atoms with E-state index in [1.54, 1.807) is 12.1 Å². The smallest absolute Gasteiger partial charge is 0.115 e. The zero-order chi connectivity index (χ0) is 13.0. The molecule has 0 radical (unpaired) electrons. The number of piperidine rings is 1. The van der Waals surface area contributed by atoms with Crippen molar-refractivity contribution in [3.8, 4) is 5.75 Å². The Morgan fingerprint density at radius 2 is 2.11 bits per heavy atom. The number of likely N-dealkylation sites (tertiary alicyclic amines) is 1. The van der Waals surface area contributed by atoms with Gasteiger partial charge in [-0.1, -0.05) is 19.1 Å². The Morgan fingerprint density at radius 1 is 1.39 bits per heavy atom. The van der Waals surface area contributed by atoms with Gasteiger partial charge in [0.25, 0.3) is 0 Å². The number of nitrogens with one attached hydrogen (secondary N) is 1. The van der Waals surface area contributed by atoms with Crippen LogP contribution in [0.3, 0.4) is 0 Å². The molecule has 2 N–H and O–H groups in total. The summed E-state index contributed by atoms with van der Waals surface area (Å²) < 4.78 is 0. The number of hydrogen-bond donors (Lipinski definition) is 2. The Labute approximate surface area is 110 Å². The van der Waals surface area contributed by atoms with Gasteiger partial charge in [0.2, 0.25) is 0 Å². The van der Waals surface area contributed by atoms with Crippen LogP contribution in [0.25, 0.3) is 0 Å². The van der Waals surface area contributed by atoms with Gasteiger partial charge in [-0.2, -0.15) is 0 Å². The molecule has 0 bridgehead atoms. The fourth-order valence-corrected chi connectivity index (χ4v) is 2.69. The van der Waals surface area contributed by atoms with Crippen molar-refractivity contribution in [3.63, 3.8) is 0 Å². The molecule has 1 saturated heterocycles. The van der Waals surface area contributed by atoms with E-state index in [0.717, 1.165) is 13.1 Å². The molecule has 100 valence electrons. The van der Waals surface area contributed by atoms with Crippen LogP contribution in [-0.4, -0.2) is 35.7 Å². The van der Waals surface area contributed by atoms with Crippen LogP contribution in [0.5, 0.6) is 5.75 Å². The second kappa shape index (κ2) is 6.21. The molecular weight excluding hydrogens is 224 g/mol. The number of likely N-dealkylation sites (N-methyl/N-ethyl adjacent to an activating group) is 1. The molecule has 0 aliphatic carbocycles. The summed E-state index contributed by atoms with van der Waals surface area (Å²) in [7, 11) is 0. The highest BCUT2D eigenvalue weighted by Gasteiger charge is 2.20. The Morgan fingerprint density at radius 3 is 2.78 bits per heavy atom. The number of hydrogen-bond acceptors (Lipinski definition) is 3. The van der Waals surface area contributed by atoms with Crippen LogP contribution >= 0.6 is 0 Å². The zero-order valence-electron chi connectivity index (χ0n) is 11.4. The second-order valence-corrected chi connectivity index (χ2v) is 5.21. The summed E-state index contributed by atoms with van der Waals surface area (Å²) in [5, 5.41) is 13.0. The Hall–Kier alpha value is -1.06. The van der Waals surface area contributed by atoms with Crippen LogP contribution in [-0.2, 0) is 0 Å². The minimum atomic E-state index is 0.334. The first-order valence-corrected chi connectivity index (χ1v) is 6.96. The molecule has 0 amide bonds. The lowest BCUT2D eigenvalue weighted by molar-refractivity contribution is 0.192. The lowest BCUT2D eigenvalue weighted by atomic mass is 10.0. The first-order chi connectivity index (χ1) is 8.69. The summed E-state index contributed by atoms with van der Waals surface area (Å²) in [6, 6.07) is 8.43. The molecule has 2 atom stereocenters. The first-order valence-electron chi connectivity index (χ1n) is 6.96. The van der Waals surface area contributed by atoms with Crippen LogP contribution in [0.1, 0.15) is 38.3 Å². The Bertz CT molecular complexity index is 363. The summed E-state index contributed by atoms with van der Waals surface area (Å²) in [6.45, 7) is 7.95. The summed E-state index contributed by atoms with van der Waals surface area (Å²) >= 11 is 0. The van der Waals surface area contributed by atoms with Crippen LogP contribution < -0.4 is 5.32 Å². The van der Waals surface area contributed by atoms with E-state index in [1.165, 1.54) is 24.9 Å². The maximum Gasteiger partial charge on any atom is 0.115 e. The van der Waals surface area contributed by atoms with Crippen molar-refractivity contribution in [1.29, 1.82) is 0 Å². The molecule has 1 heterocycles. The molecule has 1 aromatic carbocycles. The zero-order valence-corrected chi connectivity index (χ0v) is 11.4. The van der Waals surface area contributed by atoms with E-state index in [2.05, 4.69) is 24.1 Å². The van der Waals surface area contributed by atoms with Gasteiger partial charge < -0.3 is 15.3 Å². The highest BCUT2D eigenvalue weighted by molar-refractivity contribution is 5.27. The Balaban J connectivity index is 1.90. The molecule has 1 fully saturated rings. The third-order valence-electron chi connectivity index (χ3n) is 3.83. The number of aromatic hydroxyl groups is 1. The summed E-state index contributed by atoms with van der Waals surface area (Å²) in [5.41, 5.74) is 1.24. The molecule has 18 heavy (non-hydrogen) atoms. The third-order valence-corrected chi connectivity index (χ3v) is 3.83. The van der Waals surface area contributed by atoms with E-state index in [1.807, 2.05) is 12.1 Å². The highest BCUT2D eigenvalue weighted by atomic mass is 16.3. The molecule has 2 unspecified atom stereocenters. The molecular formula is C15H24N2O. The predicted octanol–water partition coefficient (Wildman–Crippen LogP) is 2.53. The number of benzene rings is 1. The molecule has 2 rings (SSSR count). The topological polar surface area (TPSA) is 35.5 Å². The van der Waals surface area contributed by atoms with Gasteiger partial charge in [0, 0.05) is 18.6 Å². The molecule has 0 aromatic heterocycles. The average Bonchev–Trinajstić information content (AvgIpc) is 2.39. The van der Waals surface area contributed by atoms with Crippen molar-refractivity contribution < 1.29 is 5.11 Å². The van der Waals surface area contributed by atoms with Gasteiger partial charge in [-0.25, -0.2) is 0 Å². The van der Waals surface area contributed by atoms with Gasteiger partial charge >= 0.3 is 0 Å². The van der Waals surface area contributed by atoms with Crippen LogP contribution in [0.15, 0.2) is 24.3 Å². The van der Waals surface area contributed by atoms with E-state index in [4.69, 9.17) is 0 Å². The number of phenolic OH excluding ortho intramolecular Hbond substituents is 1. The Kier molecular flexibility index (Phi) is 4.61. The van der Waals surface area contributed by atoms with Gasteiger partial charge in [-0.05, 0) is 50.6 Å². The minimum Gasteiger partial charge on any atom is -0.508 e. The van der Waals surface area contributed by atoms with Crippen molar-refractivity contribution >= 4 is 0 Å². The van der Waals surface area contributed by atoms with Gasteiger partial charge in [-0.3, -0.25) is 0 Å². The molecule has 3 nitrogen and oxygen atoms in total. The lowest BCUT2D eigenvalue weighted by Gasteiger charge is -2.34. The summed E-state index contributed by atoms with van der Waals surface area (Å²) in [6.07, 6.45) is 2.55. The van der Waals surface area contributed by atoms with Gasteiger partial charge in [-0.15, -0.1) is 0 Å². The van der Waals surface area contributed by atoms with Gasteiger partial charge in [0.05, 0.1) is 0 Å². The minimum absolute atomic E-state index is 0.334. The van der Waals surface area contributed by atoms with E-state index in [0.29, 0.717) is 17.8 Å². The van der Waals surface area contributed by atoms with E-state index < -0.39 is 0 Å². The van der Waals surface area contributed by atoms with Crippen molar-refractivity contribution in [3.05, 3.63) is 29.8 Å². The van der Waals surface area contributed by atoms with E-state index in [9.17, 15) is 5.11 Å². The van der Waals surface area contributed by atoms with Crippen LogP contribution in [0.2, 0.25) is 0 Å². The highest BCUT2D eigenvalue weighted by Crippen LogP contribution is 2.19. The van der Waals surface area contributed by atoms with Crippen molar-refractivity contribution in [2.75, 3.05) is 19.6 Å². The monoisotopic (exact) mass is 248 g/mol. The van der Waals surface area contributed by atoms with E-state index >= 15 is 0 Å². The fraction of sp³-hybridized carbons (Fsp3) is 0.600. The molecule has 0 spiro atoms. The molecule has 3 heteroatoms. The van der Waals surface area contributed by atoms with Gasteiger partial charge in [0.1, 0.15) is 5.75 Å². The van der Waals surface area contributed by atoms with Gasteiger partial charge in [0.15, 0.2) is 0 Å². The van der Waals surface area contributed by atoms with Crippen LogP contribution in [0, 0.1) is 0 Å². The van der Waals surface area contributed by atoms with Crippen LogP contribution in [0.4, 0.5) is 0 Å². The largest absolute Gasteiger partial charge is 0.508 e. The average molecular weight is 248 g/mol. The molecule has 0 saturated carbocycles. The quantitative estimate of drug-likeness (QED) is 0.859. The normalized spacial score (nSPS) is 22.9. The van der Waals surface area contributed by atoms with Crippen molar-refractivity contribution in [2.24, 2.45) is 0 Å². The second-order valence-electron chi connectivity index (χ2n) is 5.21.